The molecule has 18 heavy (non-hydrogen) atoms. The van der Waals surface area contributed by atoms with E-state index in [0.29, 0.717) is 17.5 Å². The van der Waals surface area contributed by atoms with E-state index < -0.39 is 0 Å². The standard InChI is InChI=1S/C13H15ClN2O2/c1-2-15-7-10-6-12(14)13(16-8-10)18-9-11-4-3-5-17-11/h3-6,8,15H,2,7,9H2,1H3. The molecule has 0 atom stereocenters. The van der Waals surface area contributed by atoms with Crippen LogP contribution in [-0.4, -0.2) is 11.5 Å². The number of rotatable bonds is 6. The first-order valence-electron chi connectivity index (χ1n) is 5.80. The van der Waals surface area contributed by atoms with Crippen molar-refractivity contribution in [2.24, 2.45) is 0 Å². The van der Waals surface area contributed by atoms with Crippen LogP contribution < -0.4 is 10.1 Å². The Hall–Kier alpha value is -1.52. The van der Waals surface area contributed by atoms with E-state index in [4.69, 9.17) is 20.8 Å². The molecule has 0 aliphatic carbocycles. The van der Waals surface area contributed by atoms with Gasteiger partial charge in [0.25, 0.3) is 0 Å². The average molecular weight is 267 g/mol. The van der Waals surface area contributed by atoms with Crippen molar-refractivity contribution in [2.45, 2.75) is 20.1 Å². The molecule has 0 radical (unpaired) electrons. The second-order valence-corrected chi connectivity index (χ2v) is 4.19. The third kappa shape index (κ3) is 3.48. The van der Waals surface area contributed by atoms with Gasteiger partial charge in [-0.25, -0.2) is 4.98 Å². The fraction of sp³-hybridized carbons (Fsp3) is 0.308. The zero-order valence-electron chi connectivity index (χ0n) is 10.1. The van der Waals surface area contributed by atoms with E-state index in [0.717, 1.165) is 24.4 Å². The van der Waals surface area contributed by atoms with Crippen molar-refractivity contribution in [1.29, 1.82) is 0 Å². The Kier molecular flexibility index (Phi) is 4.61. The highest BCUT2D eigenvalue weighted by Crippen LogP contribution is 2.23. The van der Waals surface area contributed by atoms with Crippen molar-refractivity contribution in [3.8, 4) is 5.88 Å². The average Bonchev–Trinajstić information content (AvgIpc) is 2.88. The molecule has 0 amide bonds. The lowest BCUT2D eigenvalue weighted by molar-refractivity contribution is 0.260. The summed E-state index contributed by atoms with van der Waals surface area (Å²) in [6.07, 6.45) is 3.36. The van der Waals surface area contributed by atoms with Crippen molar-refractivity contribution in [3.05, 3.63) is 47.0 Å². The fourth-order valence-electron chi connectivity index (χ4n) is 1.47. The quantitative estimate of drug-likeness (QED) is 0.873. The Bertz CT molecular complexity index is 486. The number of hydrogen-bond donors (Lipinski definition) is 1. The van der Waals surface area contributed by atoms with Crippen LogP contribution in [0.15, 0.2) is 35.1 Å². The second kappa shape index (κ2) is 6.42. The fourth-order valence-corrected chi connectivity index (χ4v) is 1.71. The SMILES string of the molecule is CCNCc1cnc(OCc2ccco2)c(Cl)c1. The van der Waals surface area contributed by atoms with Gasteiger partial charge in [0.05, 0.1) is 6.26 Å². The normalized spacial score (nSPS) is 10.6. The molecule has 0 aromatic carbocycles. The molecular formula is C13H15ClN2O2. The lowest BCUT2D eigenvalue weighted by Gasteiger charge is -2.07. The van der Waals surface area contributed by atoms with Crippen LogP contribution >= 0.6 is 11.6 Å². The van der Waals surface area contributed by atoms with Gasteiger partial charge < -0.3 is 14.5 Å². The largest absolute Gasteiger partial charge is 0.468 e. The molecule has 2 aromatic rings. The second-order valence-electron chi connectivity index (χ2n) is 3.78. The van der Waals surface area contributed by atoms with Gasteiger partial charge in [-0.2, -0.15) is 0 Å². The van der Waals surface area contributed by atoms with E-state index in [-0.39, 0.29) is 0 Å². The van der Waals surface area contributed by atoms with Gasteiger partial charge in [-0.3, -0.25) is 0 Å². The molecule has 0 fully saturated rings. The highest BCUT2D eigenvalue weighted by atomic mass is 35.5. The number of aromatic nitrogens is 1. The van der Waals surface area contributed by atoms with Crippen LogP contribution in [0.2, 0.25) is 5.02 Å². The van der Waals surface area contributed by atoms with Crippen LogP contribution in [-0.2, 0) is 13.2 Å². The van der Waals surface area contributed by atoms with Gasteiger partial charge in [-0.15, -0.1) is 0 Å². The molecule has 0 aliphatic heterocycles. The first kappa shape index (κ1) is 12.9. The molecule has 0 bridgehead atoms. The lowest BCUT2D eigenvalue weighted by Crippen LogP contribution is -2.12. The van der Waals surface area contributed by atoms with Crippen LogP contribution in [0.25, 0.3) is 0 Å². The molecule has 0 saturated carbocycles. The summed E-state index contributed by atoms with van der Waals surface area (Å²) in [5, 5.41) is 3.72. The van der Waals surface area contributed by atoms with E-state index in [1.807, 2.05) is 18.2 Å². The minimum Gasteiger partial charge on any atom is -0.468 e. The third-order valence-corrected chi connectivity index (χ3v) is 2.65. The molecule has 0 spiro atoms. The number of nitrogens with one attached hydrogen (secondary N) is 1. The zero-order chi connectivity index (χ0) is 12.8. The molecule has 0 aliphatic rings. The first-order valence-corrected chi connectivity index (χ1v) is 6.17. The number of furan rings is 1. The van der Waals surface area contributed by atoms with Gasteiger partial charge in [0, 0.05) is 12.7 Å². The van der Waals surface area contributed by atoms with Gasteiger partial charge in [0.2, 0.25) is 5.88 Å². The summed E-state index contributed by atoms with van der Waals surface area (Å²) < 4.78 is 10.6. The van der Waals surface area contributed by atoms with E-state index in [1.54, 1.807) is 12.5 Å². The van der Waals surface area contributed by atoms with E-state index in [1.165, 1.54) is 0 Å². The smallest absolute Gasteiger partial charge is 0.233 e. The van der Waals surface area contributed by atoms with E-state index in [2.05, 4.69) is 17.2 Å². The molecule has 0 unspecified atom stereocenters. The molecule has 5 heteroatoms. The van der Waals surface area contributed by atoms with Gasteiger partial charge in [-0.05, 0) is 30.3 Å². The number of ether oxygens (including phenoxy) is 1. The lowest BCUT2D eigenvalue weighted by atomic mass is 10.3. The van der Waals surface area contributed by atoms with Crippen LogP contribution in [0.4, 0.5) is 0 Å². The molecule has 2 aromatic heterocycles. The molecule has 1 N–H and O–H groups in total. The molecule has 96 valence electrons. The minimum absolute atomic E-state index is 0.326. The summed E-state index contributed by atoms with van der Waals surface area (Å²) in [7, 11) is 0. The van der Waals surface area contributed by atoms with Crippen molar-refractivity contribution in [1.82, 2.24) is 10.3 Å². The highest BCUT2D eigenvalue weighted by molar-refractivity contribution is 6.31. The van der Waals surface area contributed by atoms with Crippen LogP contribution in [0.1, 0.15) is 18.2 Å². The number of nitrogens with zero attached hydrogens (tertiary/aromatic N) is 1. The summed E-state index contributed by atoms with van der Waals surface area (Å²) in [4.78, 5) is 4.19. The minimum atomic E-state index is 0.326. The summed E-state index contributed by atoms with van der Waals surface area (Å²) in [6.45, 7) is 4.04. The summed E-state index contributed by atoms with van der Waals surface area (Å²) in [5.41, 5.74) is 1.03. The Labute approximate surface area is 111 Å². The monoisotopic (exact) mass is 266 g/mol. The third-order valence-electron chi connectivity index (χ3n) is 2.37. The number of halogens is 1. The van der Waals surface area contributed by atoms with Gasteiger partial charge in [0.15, 0.2) is 0 Å². The van der Waals surface area contributed by atoms with Crippen molar-refractivity contribution >= 4 is 11.6 Å². The van der Waals surface area contributed by atoms with Crippen molar-refractivity contribution in [3.63, 3.8) is 0 Å². The van der Waals surface area contributed by atoms with Crippen LogP contribution in [0.3, 0.4) is 0 Å². The van der Waals surface area contributed by atoms with Crippen LogP contribution in [0, 0.1) is 0 Å². The number of pyridine rings is 1. The molecule has 4 nitrogen and oxygen atoms in total. The maximum atomic E-state index is 6.10. The first-order chi connectivity index (χ1) is 8.79. The maximum Gasteiger partial charge on any atom is 0.233 e. The van der Waals surface area contributed by atoms with Gasteiger partial charge in [0.1, 0.15) is 17.4 Å². The Morgan fingerprint density at radius 1 is 1.50 bits per heavy atom. The van der Waals surface area contributed by atoms with E-state index in [9.17, 15) is 0 Å². The number of hydrogen-bond acceptors (Lipinski definition) is 4. The maximum absolute atomic E-state index is 6.10. The van der Waals surface area contributed by atoms with Gasteiger partial charge >= 0.3 is 0 Å². The summed E-state index contributed by atoms with van der Waals surface area (Å²) in [6, 6.07) is 5.51. The summed E-state index contributed by atoms with van der Waals surface area (Å²) in [5.74, 6) is 1.16. The summed E-state index contributed by atoms with van der Waals surface area (Å²) >= 11 is 6.10. The van der Waals surface area contributed by atoms with Gasteiger partial charge in [-0.1, -0.05) is 18.5 Å². The van der Waals surface area contributed by atoms with Crippen molar-refractivity contribution < 1.29 is 9.15 Å². The molecule has 2 rings (SSSR count). The zero-order valence-corrected chi connectivity index (χ0v) is 10.9. The predicted molar refractivity (Wildman–Crippen MR) is 69.7 cm³/mol. The molecule has 2 heterocycles. The topological polar surface area (TPSA) is 47.3 Å². The Morgan fingerprint density at radius 2 is 2.39 bits per heavy atom. The molecular weight excluding hydrogens is 252 g/mol. The predicted octanol–water partition coefficient (Wildman–Crippen LogP) is 3.02. The Morgan fingerprint density at radius 3 is 3.06 bits per heavy atom. The van der Waals surface area contributed by atoms with Crippen LogP contribution in [0.5, 0.6) is 5.88 Å². The van der Waals surface area contributed by atoms with Crippen molar-refractivity contribution in [2.75, 3.05) is 6.54 Å². The van der Waals surface area contributed by atoms with E-state index >= 15 is 0 Å². The Balaban J connectivity index is 1.96. The molecule has 0 saturated heterocycles. The highest BCUT2D eigenvalue weighted by Gasteiger charge is 2.06.